The average Bonchev–Trinajstić information content (AvgIpc) is 2.70. The van der Waals surface area contributed by atoms with Crippen molar-refractivity contribution in [1.82, 2.24) is 5.32 Å². The Morgan fingerprint density at radius 1 is 1.39 bits per heavy atom. The van der Waals surface area contributed by atoms with E-state index in [2.05, 4.69) is 5.32 Å². The number of halogens is 3. The molecule has 0 spiro atoms. The highest BCUT2D eigenvalue weighted by molar-refractivity contribution is 5.21. The zero-order valence-corrected chi connectivity index (χ0v) is 10.8. The summed E-state index contributed by atoms with van der Waals surface area (Å²) < 4.78 is 41.8. The van der Waals surface area contributed by atoms with Gasteiger partial charge in [-0.25, -0.2) is 0 Å². The van der Waals surface area contributed by atoms with Crippen molar-refractivity contribution >= 4 is 0 Å². The predicted octanol–water partition coefficient (Wildman–Crippen LogP) is 1.67. The van der Waals surface area contributed by atoms with E-state index < -0.39 is 18.1 Å². The minimum absolute atomic E-state index is 0.0726. The third kappa shape index (κ3) is 2.14. The molecule has 0 amide bonds. The van der Waals surface area contributed by atoms with Crippen LogP contribution in [0.5, 0.6) is 0 Å². The molecule has 0 radical (unpaired) electrons. The molecule has 1 aliphatic heterocycles. The van der Waals surface area contributed by atoms with E-state index >= 15 is 0 Å². The van der Waals surface area contributed by atoms with E-state index in [4.69, 9.17) is 10.5 Å². The topological polar surface area (TPSA) is 47.3 Å². The molecule has 3 unspecified atom stereocenters. The van der Waals surface area contributed by atoms with Gasteiger partial charge in [0.05, 0.1) is 12.5 Å². The lowest BCUT2D eigenvalue weighted by Crippen LogP contribution is -2.78. The van der Waals surface area contributed by atoms with Crippen LogP contribution in [0.2, 0.25) is 0 Å². The van der Waals surface area contributed by atoms with Crippen molar-refractivity contribution in [3.8, 4) is 0 Å². The van der Waals surface area contributed by atoms with E-state index in [1.165, 1.54) is 0 Å². The minimum Gasteiger partial charge on any atom is -0.377 e. The van der Waals surface area contributed by atoms with Crippen LogP contribution in [0.4, 0.5) is 13.2 Å². The van der Waals surface area contributed by atoms with Crippen LogP contribution < -0.4 is 11.1 Å². The molecule has 3 atom stereocenters. The van der Waals surface area contributed by atoms with Gasteiger partial charge in [0.2, 0.25) is 0 Å². The Bertz CT molecular complexity index is 319. The van der Waals surface area contributed by atoms with Crippen molar-refractivity contribution in [3.05, 3.63) is 0 Å². The fourth-order valence-corrected chi connectivity index (χ4v) is 3.36. The molecule has 2 fully saturated rings. The lowest BCUT2D eigenvalue weighted by Gasteiger charge is -2.62. The Morgan fingerprint density at radius 3 is 2.67 bits per heavy atom. The number of fused-ring (bicyclic) bond motifs is 1. The molecule has 0 bridgehead atoms. The van der Waals surface area contributed by atoms with Gasteiger partial charge < -0.3 is 15.8 Å². The molecule has 0 aromatic rings. The summed E-state index contributed by atoms with van der Waals surface area (Å²) in [5, 5.41) is 2.85. The van der Waals surface area contributed by atoms with Crippen LogP contribution in [0.1, 0.15) is 26.7 Å². The fraction of sp³-hybridized carbons (Fsp3) is 1.00. The van der Waals surface area contributed by atoms with Gasteiger partial charge in [-0.15, -0.1) is 0 Å². The summed E-state index contributed by atoms with van der Waals surface area (Å²) in [7, 11) is 0. The molecule has 1 aliphatic carbocycles. The lowest BCUT2D eigenvalue weighted by atomic mass is 9.48. The Labute approximate surface area is 105 Å². The van der Waals surface area contributed by atoms with Crippen LogP contribution in [0.25, 0.3) is 0 Å². The van der Waals surface area contributed by atoms with Gasteiger partial charge in [0.25, 0.3) is 0 Å². The number of nitrogens with one attached hydrogen (secondary N) is 1. The molecule has 18 heavy (non-hydrogen) atoms. The van der Waals surface area contributed by atoms with Crippen LogP contribution in [-0.2, 0) is 4.74 Å². The van der Waals surface area contributed by atoms with E-state index in [1.807, 2.05) is 13.8 Å². The van der Waals surface area contributed by atoms with Gasteiger partial charge in [-0.1, -0.05) is 13.8 Å². The van der Waals surface area contributed by atoms with E-state index in [9.17, 15) is 13.2 Å². The van der Waals surface area contributed by atoms with Gasteiger partial charge in [-0.3, -0.25) is 0 Å². The van der Waals surface area contributed by atoms with Crippen molar-refractivity contribution in [2.45, 2.75) is 44.5 Å². The van der Waals surface area contributed by atoms with Gasteiger partial charge >= 0.3 is 6.18 Å². The second-order valence-electron chi connectivity index (χ2n) is 5.99. The van der Waals surface area contributed by atoms with Crippen molar-refractivity contribution < 1.29 is 17.9 Å². The Morgan fingerprint density at radius 2 is 2.06 bits per heavy atom. The van der Waals surface area contributed by atoms with Crippen molar-refractivity contribution in [3.63, 3.8) is 0 Å². The number of alkyl halides is 3. The van der Waals surface area contributed by atoms with Crippen LogP contribution in [0.15, 0.2) is 0 Å². The van der Waals surface area contributed by atoms with Crippen LogP contribution in [0, 0.1) is 11.3 Å². The number of hydrogen-bond acceptors (Lipinski definition) is 3. The molecule has 1 saturated carbocycles. The maximum absolute atomic E-state index is 12.0. The van der Waals surface area contributed by atoms with Crippen LogP contribution in [0.3, 0.4) is 0 Å². The zero-order chi connectivity index (χ0) is 13.6. The lowest BCUT2D eigenvalue weighted by molar-refractivity contribution is -0.155. The third-order valence-corrected chi connectivity index (χ3v) is 4.67. The summed E-state index contributed by atoms with van der Waals surface area (Å²) in [6, 6.07) is 0. The standard InChI is InChI=1S/C12H21F3N2O/c1-10(2)9-8(3-6-18-9)11(10,16)7-17-5-4-12(13,14)15/h8-9,17H,3-7,16H2,1-2H3. The van der Waals surface area contributed by atoms with Gasteiger partial charge in [0.15, 0.2) is 0 Å². The molecule has 0 aromatic heterocycles. The summed E-state index contributed by atoms with van der Waals surface area (Å²) in [5.41, 5.74) is 5.75. The highest BCUT2D eigenvalue weighted by atomic mass is 19.4. The third-order valence-electron chi connectivity index (χ3n) is 4.67. The normalized spacial score (nSPS) is 38.3. The molecule has 2 rings (SSSR count). The summed E-state index contributed by atoms with van der Waals surface area (Å²) in [6.45, 7) is 5.12. The van der Waals surface area contributed by atoms with E-state index in [0.29, 0.717) is 13.2 Å². The first-order chi connectivity index (χ1) is 8.18. The van der Waals surface area contributed by atoms with Crippen LogP contribution in [-0.4, -0.2) is 37.5 Å². The van der Waals surface area contributed by atoms with E-state index in [-0.39, 0.29) is 24.0 Å². The molecule has 3 N–H and O–H groups in total. The molecule has 6 heteroatoms. The summed E-state index contributed by atoms with van der Waals surface area (Å²) in [6.07, 6.45) is -3.85. The second kappa shape index (κ2) is 4.35. The number of rotatable bonds is 4. The molecule has 1 saturated heterocycles. The number of ether oxygens (including phenoxy) is 1. The highest BCUT2D eigenvalue weighted by Crippen LogP contribution is 2.57. The summed E-state index contributed by atoms with van der Waals surface area (Å²) in [4.78, 5) is 0. The molecular formula is C12H21F3N2O. The Balaban J connectivity index is 1.85. The molecule has 3 nitrogen and oxygen atoms in total. The second-order valence-corrected chi connectivity index (χ2v) is 5.99. The SMILES string of the molecule is CC1(C)C2OCCC2C1(N)CNCCC(F)(F)F. The molecule has 106 valence electrons. The van der Waals surface area contributed by atoms with Gasteiger partial charge in [-0.05, 0) is 6.42 Å². The largest absolute Gasteiger partial charge is 0.390 e. The van der Waals surface area contributed by atoms with Crippen molar-refractivity contribution in [2.24, 2.45) is 17.1 Å². The van der Waals surface area contributed by atoms with E-state index in [0.717, 1.165) is 6.42 Å². The van der Waals surface area contributed by atoms with Gasteiger partial charge in [0.1, 0.15) is 0 Å². The Hall–Kier alpha value is -0.330. The summed E-state index contributed by atoms with van der Waals surface area (Å²) >= 11 is 0. The van der Waals surface area contributed by atoms with Gasteiger partial charge in [0, 0.05) is 36.6 Å². The maximum atomic E-state index is 12.0. The quantitative estimate of drug-likeness (QED) is 0.761. The molecular weight excluding hydrogens is 245 g/mol. The summed E-state index contributed by atoms with van der Waals surface area (Å²) in [5.74, 6) is 0.269. The fourth-order valence-electron chi connectivity index (χ4n) is 3.36. The average molecular weight is 266 g/mol. The molecule has 0 aromatic carbocycles. The first kappa shape index (κ1) is 14.1. The van der Waals surface area contributed by atoms with Crippen molar-refractivity contribution in [2.75, 3.05) is 19.7 Å². The number of nitrogens with two attached hydrogens (primary N) is 1. The Kier molecular flexibility index (Phi) is 3.41. The molecule has 2 aliphatic rings. The van der Waals surface area contributed by atoms with Crippen molar-refractivity contribution in [1.29, 1.82) is 0 Å². The molecule has 1 heterocycles. The minimum atomic E-state index is -4.11. The first-order valence-electron chi connectivity index (χ1n) is 6.36. The van der Waals surface area contributed by atoms with E-state index in [1.54, 1.807) is 0 Å². The van der Waals surface area contributed by atoms with Gasteiger partial charge in [-0.2, -0.15) is 13.2 Å². The number of hydrogen-bond donors (Lipinski definition) is 2. The first-order valence-corrected chi connectivity index (χ1v) is 6.36. The highest BCUT2D eigenvalue weighted by Gasteiger charge is 2.67. The monoisotopic (exact) mass is 266 g/mol. The smallest absolute Gasteiger partial charge is 0.377 e. The predicted molar refractivity (Wildman–Crippen MR) is 62.1 cm³/mol. The maximum Gasteiger partial charge on any atom is 0.390 e. The zero-order valence-electron chi connectivity index (χ0n) is 10.8. The van der Waals surface area contributed by atoms with Crippen LogP contribution >= 0.6 is 0 Å².